The Morgan fingerprint density at radius 1 is 1.15 bits per heavy atom. The Hall–Kier alpha value is -3.55. The van der Waals surface area contributed by atoms with E-state index in [2.05, 4.69) is 22.4 Å². The Labute approximate surface area is 199 Å². The van der Waals surface area contributed by atoms with E-state index in [1.54, 1.807) is 11.1 Å². The molecule has 1 aliphatic rings. The van der Waals surface area contributed by atoms with Crippen LogP contribution in [0, 0.1) is 6.92 Å². The van der Waals surface area contributed by atoms with E-state index < -0.39 is 11.6 Å². The fraction of sp³-hybridized carbons (Fsp3) is 0.423. The van der Waals surface area contributed by atoms with Gasteiger partial charge in [-0.05, 0) is 58.7 Å². The first-order valence-corrected chi connectivity index (χ1v) is 11.6. The first-order valence-electron chi connectivity index (χ1n) is 11.6. The Bertz CT molecular complexity index is 1190. The number of esters is 1. The highest BCUT2D eigenvalue weighted by atomic mass is 16.6. The van der Waals surface area contributed by atoms with Gasteiger partial charge in [-0.15, -0.1) is 0 Å². The molecule has 1 fully saturated rings. The number of aromatic nitrogens is 2. The van der Waals surface area contributed by atoms with Crippen LogP contribution in [0.1, 0.15) is 49.5 Å². The van der Waals surface area contributed by atoms with Crippen molar-refractivity contribution in [3.8, 4) is 5.69 Å². The van der Waals surface area contributed by atoms with Crippen molar-refractivity contribution in [2.75, 3.05) is 25.5 Å². The summed E-state index contributed by atoms with van der Waals surface area (Å²) >= 11 is 0. The predicted octanol–water partition coefficient (Wildman–Crippen LogP) is 4.93. The van der Waals surface area contributed by atoms with E-state index in [1.165, 1.54) is 12.7 Å². The average molecular weight is 465 g/mol. The third-order valence-corrected chi connectivity index (χ3v) is 5.85. The number of rotatable bonds is 4. The zero-order valence-corrected chi connectivity index (χ0v) is 20.4. The van der Waals surface area contributed by atoms with Crippen LogP contribution in [-0.2, 0) is 9.47 Å². The first kappa shape index (κ1) is 23.6. The molecule has 1 aromatic carbocycles. The Morgan fingerprint density at radius 2 is 1.88 bits per heavy atom. The summed E-state index contributed by atoms with van der Waals surface area (Å²) in [6.07, 6.45) is 4.88. The highest BCUT2D eigenvalue weighted by Gasteiger charge is 2.29. The third kappa shape index (κ3) is 5.00. The zero-order valence-electron chi connectivity index (χ0n) is 20.4. The van der Waals surface area contributed by atoms with Crippen LogP contribution in [0.2, 0.25) is 0 Å². The third-order valence-electron chi connectivity index (χ3n) is 5.85. The smallest absolute Gasteiger partial charge is 0.410 e. The van der Waals surface area contributed by atoms with Gasteiger partial charge in [0, 0.05) is 42.6 Å². The summed E-state index contributed by atoms with van der Waals surface area (Å²) in [7, 11) is 1.36. The van der Waals surface area contributed by atoms with Crippen molar-refractivity contribution in [3.63, 3.8) is 0 Å². The number of carbonyl (C=O) groups excluding carboxylic acids is 2. The fourth-order valence-electron chi connectivity index (χ4n) is 4.21. The number of hydrogen-bond donors (Lipinski definition) is 1. The molecular weight excluding hydrogens is 432 g/mol. The number of likely N-dealkylation sites (tertiary alicyclic amines) is 1. The van der Waals surface area contributed by atoms with E-state index in [1.807, 2.05) is 56.7 Å². The number of hydrogen-bond acceptors (Lipinski definition) is 6. The molecule has 0 radical (unpaired) electrons. The van der Waals surface area contributed by atoms with Gasteiger partial charge < -0.3 is 24.3 Å². The van der Waals surface area contributed by atoms with Crippen LogP contribution < -0.4 is 5.32 Å². The topological polar surface area (TPSA) is 85.7 Å². The number of piperidine rings is 1. The van der Waals surface area contributed by atoms with Crippen LogP contribution in [0.4, 0.5) is 10.5 Å². The van der Waals surface area contributed by atoms with Crippen LogP contribution >= 0.6 is 0 Å². The first-order chi connectivity index (χ1) is 16.2. The number of amides is 1. The molecule has 1 N–H and O–H groups in total. The van der Waals surface area contributed by atoms with E-state index in [0.29, 0.717) is 24.3 Å². The number of aryl methyl sites for hydroxylation is 1. The molecule has 180 valence electrons. The summed E-state index contributed by atoms with van der Waals surface area (Å²) in [6.45, 7) is 8.76. The summed E-state index contributed by atoms with van der Waals surface area (Å²) in [4.78, 5) is 31.5. The molecule has 1 saturated heterocycles. The lowest BCUT2D eigenvalue weighted by atomic mass is 10.0. The Balaban J connectivity index is 1.67. The molecule has 34 heavy (non-hydrogen) atoms. The van der Waals surface area contributed by atoms with E-state index >= 15 is 0 Å². The van der Waals surface area contributed by atoms with E-state index in [9.17, 15) is 9.59 Å². The van der Waals surface area contributed by atoms with E-state index in [-0.39, 0.29) is 12.1 Å². The minimum Gasteiger partial charge on any atom is -0.465 e. The van der Waals surface area contributed by atoms with Crippen molar-refractivity contribution >= 4 is 28.8 Å². The van der Waals surface area contributed by atoms with Crippen LogP contribution in [0.15, 0.2) is 42.7 Å². The molecule has 0 bridgehead atoms. The van der Waals surface area contributed by atoms with Crippen molar-refractivity contribution in [1.29, 1.82) is 0 Å². The van der Waals surface area contributed by atoms with E-state index in [4.69, 9.17) is 9.47 Å². The molecule has 3 aromatic rings. The molecule has 0 saturated carbocycles. The quantitative estimate of drug-likeness (QED) is 0.551. The Kier molecular flexibility index (Phi) is 6.50. The monoisotopic (exact) mass is 464 g/mol. The van der Waals surface area contributed by atoms with Gasteiger partial charge in [0.2, 0.25) is 0 Å². The second-order valence-electron chi connectivity index (χ2n) is 9.71. The number of nitrogens with zero attached hydrogens (tertiary/aromatic N) is 3. The van der Waals surface area contributed by atoms with Crippen LogP contribution in [0.3, 0.4) is 0 Å². The molecule has 8 nitrogen and oxygen atoms in total. The van der Waals surface area contributed by atoms with Gasteiger partial charge in [-0.3, -0.25) is 0 Å². The Morgan fingerprint density at radius 3 is 2.56 bits per heavy atom. The lowest BCUT2D eigenvalue weighted by Crippen LogP contribution is -2.47. The number of ether oxygens (including phenoxy) is 2. The zero-order chi connectivity index (χ0) is 24.5. The molecule has 1 aliphatic heterocycles. The minimum atomic E-state index is -0.550. The summed E-state index contributed by atoms with van der Waals surface area (Å²) in [5.74, 6) is -0.459. The molecular formula is C26H32N4O4. The summed E-state index contributed by atoms with van der Waals surface area (Å²) in [6, 6.07) is 10.1. The number of carbonyl (C=O) groups is 2. The summed E-state index contributed by atoms with van der Waals surface area (Å²) in [5, 5.41) is 4.34. The van der Waals surface area contributed by atoms with Crippen molar-refractivity contribution < 1.29 is 19.1 Å². The molecule has 0 aliphatic carbocycles. The minimum absolute atomic E-state index is 0.0435. The van der Waals surface area contributed by atoms with Crippen molar-refractivity contribution in [3.05, 3.63) is 53.9 Å². The molecule has 1 unspecified atom stereocenters. The van der Waals surface area contributed by atoms with Crippen LogP contribution in [-0.4, -0.2) is 58.4 Å². The number of nitrogens with one attached hydrogen (secondary N) is 1. The van der Waals surface area contributed by atoms with Crippen molar-refractivity contribution in [2.24, 2.45) is 0 Å². The van der Waals surface area contributed by atoms with Gasteiger partial charge in [-0.2, -0.15) is 0 Å². The van der Waals surface area contributed by atoms with Gasteiger partial charge >= 0.3 is 12.1 Å². The van der Waals surface area contributed by atoms with Crippen molar-refractivity contribution in [2.45, 2.75) is 52.2 Å². The fourth-order valence-corrected chi connectivity index (χ4v) is 4.21. The van der Waals surface area contributed by atoms with Crippen LogP contribution in [0.5, 0.6) is 0 Å². The molecule has 1 amide bonds. The van der Waals surface area contributed by atoms with Gasteiger partial charge in [-0.1, -0.05) is 17.7 Å². The summed E-state index contributed by atoms with van der Waals surface area (Å²) in [5.41, 5.74) is 3.38. The highest BCUT2D eigenvalue weighted by molar-refractivity contribution is 6.04. The highest BCUT2D eigenvalue weighted by Crippen LogP contribution is 2.31. The van der Waals surface area contributed by atoms with E-state index in [0.717, 1.165) is 29.6 Å². The molecule has 4 rings (SSSR count). The predicted molar refractivity (Wildman–Crippen MR) is 132 cm³/mol. The number of methoxy groups -OCH3 is 1. The molecule has 2 aromatic heterocycles. The number of pyridine rings is 1. The SMILES string of the molecule is COC(=O)c1cnc2c(ccn2-c2ccc(C)cc2)c1NC1CCCN(C(=O)OC(C)(C)C)C1. The molecule has 8 heteroatoms. The number of benzene rings is 1. The van der Waals surface area contributed by atoms with Crippen molar-refractivity contribution in [1.82, 2.24) is 14.5 Å². The lowest BCUT2D eigenvalue weighted by Gasteiger charge is -2.35. The molecule has 1 atom stereocenters. The maximum Gasteiger partial charge on any atom is 0.410 e. The number of anilines is 1. The van der Waals surface area contributed by atoms with Gasteiger partial charge in [0.05, 0.1) is 12.8 Å². The van der Waals surface area contributed by atoms with Gasteiger partial charge in [0.1, 0.15) is 16.8 Å². The van der Waals surface area contributed by atoms with Gasteiger partial charge in [0.15, 0.2) is 0 Å². The second-order valence-corrected chi connectivity index (χ2v) is 9.71. The normalized spacial score (nSPS) is 16.4. The van der Waals surface area contributed by atoms with Gasteiger partial charge in [0.25, 0.3) is 0 Å². The maximum atomic E-state index is 12.6. The average Bonchev–Trinajstić information content (AvgIpc) is 3.23. The summed E-state index contributed by atoms with van der Waals surface area (Å²) < 4.78 is 12.6. The standard InChI is InChI=1S/C26H32N4O4/c1-17-8-10-19(11-9-17)30-14-12-20-22(21(24(31)33-5)15-27-23(20)30)28-18-7-6-13-29(16-18)25(32)34-26(2,3)4/h8-12,14-15,18H,6-7,13,16H2,1-5H3,(H,27,28). The second kappa shape index (κ2) is 9.37. The maximum absolute atomic E-state index is 12.6. The van der Waals surface area contributed by atoms with Gasteiger partial charge in [-0.25, -0.2) is 14.6 Å². The van der Waals surface area contributed by atoms with Crippen LogP contribution in [0.25, 0.3) is 16.7 Å². The number of fused-ring (bicyclic) bond motifs is 1. The molecule has 0 spiro atoms. The lowest BCUT2D eigenvalue weighted by molar-refractivity contribution is 0.0206. The molecule has 3 heterocycles. The largest absolute Gasteiger partial charge is 0.465 e.